The fourth-order valence-electron chi connectivity index (χ4n) is 2.02. The third-order valence-corrected chi connectivity index (χ3v) is 4.99. The molecule has 130 valence electrons. The molecule has 1 N–H and O–H groups in total. The number of nitrogens with one attached hydrogen (secondary N) is 1. The van der Waals surface area contributed by atoms with Gasteiger partial charge in [-0.1, -0.05) is 13.8 Å². The molecule has 0 saturated heterocycles. The van der Waals surface area contributed by atoms with Gasteiger partial charge in [0.05, 0.1) is 4.90 Å². The molecule has 1 aromatic rings. The smallest absolute Gasteiger partial charge is 0.240 e. The minimum absolute atomic E-state index is 0.0213. The molecule has 0 atom stereocenters. The van der Waals surface area contributed by atoms with Crippen molar-refractivity contribution < 1.29 is 17.6 Å². The Morgan fingerprint density at radius 1 is 1.30 bits per heavy atom. The highest BCUT2D eigenvalue weighted by atomic mass is 32.2. The van der Waals surface area contributed by atoms with Crippen LogP contribution in [-0.4, -0.2) is 38.9 Å². The van der Waals surface area contributed by atoms with E-state index in [1.54, 1.807) is 4.90 Å². The lowest BCUT2D eigenvalue weighted by Crippen LogP contribution is -2.38. The lowest BCUT2D eigenvalue weighted by atomic mass is 10.1. The molecular formula is C16H25FN2O3S. The summed E-state index contributed by atoms with van der Waals surface area (Å²) in [6, 6.07) is 3.65. The second kappa shape index (κ2) is 8.40. The van der Waals surface area contributed by atoms with Gasteiger partial charge in [0.15, 0.2) is 0 Å². The van der Waals surface area contributed by atoms with Crippen molar-refractivity contribution in [2.24, 2.45) is 5.92 Å². The Morgan fingerprint density at radius 3 is 2.48 bits per heavy atom. The van der Waals surface area contributed by atoms with E-state index in [1.807, 2.05) is 0 Å². The van der Waals surface area contributed by atoms with Crippen molar-refractivity contribution in [2.75, 3.05) is 19.6 Å². The number of carbonyl (C=O) groups excluding carboxylic acids is 1. The van der Waals surface area contributed by atoms with E-state index in [4.69, 9.17) is 0 Å². The number of hydrogen-bond donors (Lipinski definition) is 1. The van der Waals surface area contributed by atoms with E-state index in [0.29, 0.717) is 19.0 Å². The number of hydrogen-bond acceptors (Lipinski definition) is 3. The quantitative estimate of drug-likeness (QED) is 0.787. The van der Waals surface area contributed by atoms with Crippen molar-refractivity contribution in [1.29, 1.82) is 0 Å². The number of sulfonamides is 1. The van der Waals surface area contributed by atoms with Crippen molar-refractivity contribution in [3.05, 3.63) is 29.6 Å². The summed E-state index contributed by atoms with van der Waals surface area (Å²) in [4.78, 5) is 13.2. The molecule has 0 unspecified atom stereocenters. The Hall–Kier alpha value is -1.47. The summed E-state index contributed by atoms with van der Waals surface area (Å²) in [6.07, 6.45) is 0.865. The van der Waals surface area contributed by atoms with Gasteiger partial charge in [0, 0.05) is 26.6 Å². The van der Waals surface area contributed by atoms with E-state index in [-0.39, 0.29) is 22.9 Å². The molecule has 1 aromatic carbocycles. The van der Waals surface area contributed by atoms with Crippen LogP contribution in [0.4, 0.5) is 4.39 Å². The highest BCUT2D eigenvalue weighted by molar-refractivity contribution is 7.89. The van der Waals surface area contributed by atoms with Gasteiger partial charge in [-0.25, -0.2) is 17.5 Å². The molecule has 0 bridgehead atoms. The van der Waals surface area contributed by atoms with Crippen LogP contribution in [0, 0.1) is 18.7 Å². The Bertz CT molecular complexity index is 645. The molecule has 23 heavy (non-hydrogen) atoms. The molecule has 0 aliphatic carbocycles. The average Bonchev–Trinajstić information content (AvgIpc) is 2.44. The maximum atomic E-state index is 13.2. The number of aryl methyl sites for hydroxylation is 1. The van der Waals surface area contributed by atoms with Crippen LogP contribution in [0.3, 0.4) is 0 Å². The zero-order valence-electron chi connectivity index (χ0n) is 14.1. The Kier molecular flexibility index (Phi) is 7.15. The zero-order chi connectivity index (χ0) is 17.6. The Morgan fingerprint density at radius 2 is 1.96 bits per heavy atom. The van der Waals surface area contributed by atoms with Gasteiger partial charge in [-0.2, -0.15) is 0 Å². The minimum atomic E-state index is -3.71. The first-order chi connectivity index (χ1) is 10.6. The molecule has 0 aliphatic rings. The fourth-order valence-corrected chi connectivity index (χ4v) is 3.13. The van der Waals surface area contributed by atoms with Crippen LogP contribution in [0.5, 0.6) is 0 Å². The second-order valence-corrected chi connectivity index (χ2v) is 7.76. The van der Waals surface area contributed by atoms with Crippen molar-refractivity contribution in [2.45, 2.75) is 39.0 Å². The van der Waals surface area contributed by atoms with Crippen molar-refractivity contribution in [1.82, 2.24) is 9.62 Å². The largest absolute Gasteiger partial charge is 0.342 e. The number of halogens is 1. The molecule has 0 saturated carbocycles. The van der Waals surface area contributed by atoms with Crippen LogP contribution in [-0.2, 0) is 14.8 Å². The molecule has 0 fully saturated rings. The van der Waals surface area contributed by atoms with Gasteiger partial charge in [-0.3, -0.25) is 4.79 Å². The second-order valence-electron chi connectivity index (χ2n) is 6.00. The monoisotopic (exact) mass is 344 g/mol. The van der Waals surface area contributed by atoms with Crippen LogP contribution < -0.4 is 4.72 Å². The van der Waals surface area contributed by atoms with Crippen LogP contribution in [0.2, 0.25) is 0 Å². The average molecular weight is 344 g/mol. The molecule has 1 amide bonds. The van der Waals surface area contributed by atoms with Gasteiger partial charge in [0.25, 0.3) is 0 Å². The minimum Gasteiger partial charge on any atom is -0.342 e. The van der Waals surface area contributed by atoms with Crippen LogP contribution in [0.1, 0.15) is 32.8 Å². The Balaban J connectivity index is 2.64. The van der Waals surface area contributed by atoms with Gasteiger partial charge in [0.1, 0.15) is 5.82 Å². The van der Waals surface area contributed by atoms with Gasteiger partial charge < -0.3 is 4.90 Å². The third-order valence-electron chi connectivity index (χ3n) is 3.54. The lowest BCUT2D eigenvalue weighted by molar-refractivity contribution is -0.128. The van der Waals surface area contributed by atoms with Gasteiger partial charge in [0.2, 0.25) is 15.9 Å². The fraction of sp³-hybridized carbons (Fsp3) is 0.562. The predicted molar refractivity (Wildman–Crippen MR) is 88.0 cm³/mol. The van der Waals surface area contributed by atoms with Crippen molar-refractivity contribution in [3.8, 4) is 0 Å². The maximum Gasteiger partial charge on any atom is 0.240 e. The molecule has 1 rings (SSSR count). The zero-order valence-corrected chi connectivity index (χ0v) is 14.9. The van der Waals surface area contributed by atoms with Crippen LogP contribution in [0.15, 0.2) is 23.1 Å². The first kappa shape index (κ1) is 19.6. The van der Waals surface area contributed by atoms with E-state index < -0.39 is 15.8 Å². The van der Waals surface area contributed by atoms with E-state index in [0.717, 1.165) is 12.5 Å². The van der Waals surface area contributed by atoms with E-state index in [2.05, 4.69) is 18.6 Å². The molecule has 0 aromatic heterocycles. The Labute approximate surface area is 137 Å². The van der Waals surface area contributed by atoms with Crippen LogP contribution >= 0.6 is 0 Å². The van der Waals surface area contributed by atoms with Gasteiger partial charge in [-0.05, 0) is 43.0 Å². The maximum absolute atomic E-state index is 13.2. The molecule has 7 heteroatoms. The first-order valence-corrected chi connectivity index (χ1v) is 9.13. The molecule has 0 spiro atoms. The van der Waals surface area contributed by atoms with Crippen LogP contribution in [0.25, 0.3) is 0 Å². The van der Waals surface area contributed by atoms with Gasteiger partial charge >= 0.3 is 0 Å². The number of benzene rings is 1. The summed E-state index contributed by atoms with van der Waals surface area (Å²) in [5.41, 5.74) is 0.273. The molecule has 0 heterocycles. The summed E-state index contributed by atoms with van der Waals surface area (Å²) in [5.74, 6) is -0.0569. The number of rotatable bonds is 8. The highest BCUT2D eigenvalue weighted by Gasteiger charge is 2.16. The lowest BCUT2D eigenvalue weighted by Gasteiger charge is -2.22. The van der Waals surface area contributed by atoms with E-state index >= 15 is 0 Å². The predicted octanol–water partition coefficient (Wildman–Crippen LogP) is 2.31. The van der Waals surface area contributed by atoms with E-state index in [1.165, 1.54) is 26.0 Å². The summed E-state index contributed by atoms with van der Waals surface area (Å²) in [6.45, 7) is 8.15. The third kappa shape index (κ3) is 6.27. The summed E-state index contributed by atoms with van der Waals surface area (Å²) >= 11 is 0. The topological polar surface area (TPSA) is 66.5 Å². The standard InChI is InChI=1S/C16H25FN2O3S/c1-12(2)7-9-19(14(4)20)10-8-18-23(21,22)15-5-6-16(17)13(3)11-15/h5-6,11-12,18H,7-10H2,1-4H3. The number of carbonyl (C=O) groups is 1. The summed E-state index contributed by atoms with van der Waals surface area (Å²) in [5, 5.41) is 0. The van der Waals surface area contributed by atoms with Crippen molar-refractivity contribution >= 4 is 15.9 Å². The molecule has 0 radical (unpaired) electrons. The first-order valence-electron chi connectivity index (χ1n) is 7.65. The SMILES string of the molecule is CC(=O)N(CCNS(=O)(=O)c1ccc(F)c(C)c1)CCC(C)C. The van der Waals surface area contributed by atoms with Gasteiger partial charge in [-0.15, -0.1) is 0 Å². The molecule has 5 nitrogen and oxygen atoms in total. The number of nitrogens with zero attached hydrogens (tertiary/aromatic N) is 1. The summed E-state index contributed by atoms with van der Waals surface area (Å²) in [7, 11) is -3.71. The van der Waals surface area contributed by atoms with Crippen molar-refractivity contribution in [3.63, 3.8) is 0 Å². The number of amides is 1. The summed E-state index contributed by atoms with van der Waals surface area (Å²) < 4.78 is 40.0. The highest BCUT2D eigenvalue weighted by Crippen LogP contribution is 2.14. The van der Waals surface area contributed by atoms with E-state index in [9.17, 15) is 17.6 Å². The molecule has 0 aliphatic heterocycles. The molecular weight excluding hydrogens is 319 g/mol. The normalized spacial score (nSPS) is 11.7.